The monoisotopic (exact) mass is 205 g/mol. The molecule has 0 aliphatic carbocycles. The van der Waals surface area contributed by atoms with Crippen molar-refractivity contribution >= 4 is 5.71 Å². The molecule has 1 unspecified atom stereocenters. The highest BCUT2D eigenvalue weighted by molar-refractivity contribution is 5.94. The van der Waals surface area contributed by atoms with Gasteiger partial charge in [-0.2, -0.15) is 0 Å². The van der Waals surface area contributed by atoms with Crippen molar-refractivity contribution in [3.63, 3.8) is 0 Å². The zero-order valence-electron chi connectivity index (χ0n) is 10.8. The lowest BCUT2D eigenvalue weighted by atomic mass is 10.0. The number of dihydropyridines is 1. The van der Waals surface area contributed by atoms with Gasteiger partial charge in [-0.3, -0.25) is 4.99 Å². The van der Waals surface area contributed by atoms with E-state index >= 15 is 0 Å². The molecule has 0 aromatic carbocycles. The molecule has 0 aromatic heterocycles. The maximum Gasteiger partial charge on any atom is 0.0472 e. The molecule has 1 nitrogen and oxygen atoms in total. The second kappa shape index (κ2) is 7.22. The van der Waals surface area contributed by atoms with Crippen LogP contribution < -0.4 is 0 Å². The first-order chi connectivity index (χ1) is 7.09. The minimum Gasteiger partial charge on any atom is -0.258 e. The van der Waals surface area contributed by atoms with Crippen LogP contribution in [0, 0.1) is 5.92 Å². The Bertz CT molecular complexity index is 299. The van der Waals surface area contributed by atoms with Gasteiger partial charge in [0.2, 0.25) is 0 Å². The van der Waals surface area contributed by atoms with Gasteiger partial charge in [0.15, 0.2) is 0 Å². The molecule has 0 fully saturated rings. The Kier molecular flexibility index (Phi) is 6.68. The van der Waals surface area contributed by atoms with Crippen molar-refractivity contribution in [1.82, 2.24) is 0 Å². The molecular weight excluding hydrogens is 182 g/mol. The number of hydrogen-bond acceptors (Lipinski definition) is 1. The molecule has 1 aliphatic heterocycles. The van der Waals surface area contributed by atoms with E-state index in [2.05, 4.69) is 50.1 Å². The first kappa shape index (κ1) is 13.9. The summed E-state index contributed by atoms with van der Waals surface area (Å²) in [4.78, 5) is 4.48. The fraction of sp³-hybridized carbons (Fsp3) is 0.500. The molecule has 0 aromatic rings. The van der Waals surface area contributed by atoms with E-state index in [0.29, 0.717) is 5.92 Å². The van der Waals surface area contributed by atoms with Gasteiger partial charge in [0.1, 0.15) is 0 Å². The first-order valence-electron chi connectivity index (χ1n) is 5.68. The highest BCUT2D eigenvalue weighted by Crippen LogP contribution is 2.18. The average molecular weight is 205 g/mol. The first-order valence-corrected chi connectivity index (χ1v) is 5.68. The summed E-state index contributed by atoms with van der Waals surface area (Å²) in [7, 11) is 0. The fourth-order valence-corrected chi connectivity index (χ4v) is 1.17. The Morgan fingerprint density at radius 3 is 2.47 bits per heavy atom. The lowest BCUT2D eigenvalue weighted by Gasteiger charge is -2.12. The van der Waals surface area contributed by atoms with Crippen LogP contribution in [0.15, 0.2) is 40.6 Å². The molecular formula is C14H23N. The Morgan fingerprint density at radius 2 is 1.93 bits per heavy atom. The summed E-state index contributed by atoms with van der Waals surface area (Å²) in [5, 5.41) is 0. The van der Waals surface area contributed by atoms with Gasteiger partial charge >= 0.3 is 0 Å². The van der Waals surface area contributed by atoms with Crippen molar-refractivity contribution in [2.45, 2.75) is 41.5 Å². The van der Waals surface area contributed by atoms with Crippen molar-refractivity contribution in [1.29, 1.82) is 0 Å². The van der Waals surface area contributed by atoms with Gasteiger partial charge in [0.25, 0.3) is 0 Å². The number of hydrogen-bond donors (Lipinski definition) is 0. The van der Waals surface area contributed by atoms with Crippen LogP contribution in [-0.4, -0.2) is 5.71 Å². The van der Waals surface area contributed by atoms with E-state index in [1.807, 2.05) is 20.8 Å². The van der Waals surface area contributed by atoms with Crippen LogP contribution in [0.2, 0.25) is 0 Å². The number of rotatable bonds is 1. The molecule has 0 radical (unpaired) electrons. The topological polar surface area (TPSA) is 12.4 Å². The molecule has 1 aliphatic rings. The Hall–Kier alpha value is -1.11. The highest BCUT2D eigenvalue weighted by Gasteiger charge is 2.07. The summed E-state index contributed by atoms with van der Waals surface area (Å²) in [5.74, 6) is 0.444. The molecule has 15 heavy (non-hydrogen) atoms. The predicted octanol–water partition coefficient (Wildman–Crippen LogP) is 4.53. The van der Waals surface area contributed by atoms with Crippen LogP contribution >= 0.6 is 0 Å². The van der Waals surface area contributed by atoms with E-state index < -0.39 is 0 Å². The molecule has 1 heterocycles. The molecule has 84 valence electrons. The maximum absolute atomic E-state index is 4.48. The molecule has 1 heteroatoms. The van der Waals surface area contributed by atoms with E-state index in [-0.39, 0.29) is 0 Å². The van der Waals surface area contributed by atoms with Crippen LogP contribution in [0.5, 0.6) is 0 Å². The lowest BCUT2D eigenvalue weighted by molar-refractivity contribution is 0.839. The van der Waals surface area contributed by atoms with Crippen molar-refractivity contribution < 1.29 is 0 Å². The van der Waals surface area contributed by atoms with Gasteiger partial charge < -0.3 is 0 Å². The number of allylic oxidation sites excluding steroid dienone is 5. The third-order valence-electron chi connectivity index (χ3n) is 1.99. The minimum atomic E-state index is 0.444. The van der Waals surface area contributed by atoms with Gasteiger partial charge in [0.05, 0.1) is 0 Å². The number of nitrogens with zero attached hydrogens (tertiary/aromatic N) is 1. The highest BCUT2D eigenvalue weighted by atomic mass is 14.8. The predicted molar refractivity (Wildman–Crippen MR) is 70.3 cm³/mol. The summed E-state index contributed by atoms with van der Waals surface area (Å²) >= 11 is 0. The van der Waals surface area contributed by atoms with Gasteiger partial charge in [-0.15, -0.1) is 0 Å². The Morgan fingerprint density at radius 1 is 1.33 bits per heavy atom. The van der Waals surface area contributed by atoms with Gasteiger partial charge in [-0.25, -0.2) is 0 Å². The fourth-order valence-electron chi connectivity index (χ4n) is 1.17. The maximum atomic E-state index is 4.48. The summed E-state index contributed by atoms with van der Waals surface area (Å²) in [6.45, 7) is 12.4. The van der Waals surface area contributed by atoms with E-state index in [9.17, 15) is 0 Å². The second-order valence-corrected chi connectivity index (χ2v) is 3.74. The quantitative estimate of drug-likeness (QED) is 0.596. The summed E-state index contributed by atoms with van der Waals surface area (Å²) in [6.07, 6.45) is 8.48. The largest absolute Gasteiger partial charge is 0.258 e. The third-order valence-corrected chi connectivity index (χ3v) is 1.99. The molecule has 0 amide bonds. The van der Waals surface area contributed by atoms with E-state index in [1.54, 1.807) is 0 Å². The molecule has 0 spiro atoms. The smallest absolute Gasteiger partial charge is 0.0472 e. The van der Waals surface area contributed by atoms with Crippen LogP contribution in [0.3, 0.4) is 0 Å². The zero-order valence-corrected chi connectivity index (χ0v) is 10.8. The average Bonchev–Trinajstić information content (AvgIpc) is 2.22. The zero-order chi connectivity index (χ0) is 11.8. The molecule has 0 bridgehead atoms. The second-order valence-electron chi connectivity index (χ2n) is 3.74. The minimum absolute atomic E-state index is 0.444. The van der Waals surface area contributed by atoms with E-state index in [0.717, 1.165) is 11.4 Å². The van der Waals surface area contributed by atoms with Crippen LogP contribution in [-0.2, 0) is 0 Å². The van der Waals surface area contributed by atoms with Gasteiger partial charge in [-0.05, 0) is 32.9 Å². The molecule has 0 N–H and O–H groups in total. The van der Waals surface area contributed by atoms with Crippen LogP contribution in [0.1, 0.15) is 41.5 Å². The van der Waals surface area contributed by atoms with Crippen LogP contribution in [0.25, 0.3) is 0 Å². The Balaban J connectivity index is 0.000000921. The molecule has 1 atom stereocenters. The Labute approximate surface area is 94.3 Å². The SMILES string of the molecule is CC.CC(C)=C/C=C1/N=C(C)C=CC1C. The van der Waals surface area contributed by atoms with Gasteiger partial charge in [-0.1, -0.05) is 38.5 Å². The summed E-state index contributed by atoms with van der Waals surface area (Å²) in [6, 6.07) is 0. The van der Waals surface area contributed by atoms with E-state index in [1.165, 1.54) is 5.57 Å². The van der Waals surface area contributed by atoms with Crippen LogP contribution in [0.4, 0.5) is 0 Å². The summed E-state index contributed by atoms with van der Waals surface area (Å²) < 4.78 is 0. The third kappa shape index (κ3) is 5.36. The normalized spacial score (nSPS) is 21.6. The molecule has 0 saturated carbocycles. The van der Waals surface area contributed by atoms with Crippen molar-refractivity contribution in [3.8, 4) is 0 Å². The van der Waals surface area contributed by atoms with Crippen molar-refractivity contribution in [3.05, 3.63) is 35.6 Å². The number of aliphatic imine (C=N–C) groups is 1. The standard InChI is InChI=1S/C12H17N.C2H6/c1-9(2)5-8-12-10(3)6-7-11(4)13-12;1-2/h5-8,10H,1-4H3;1-2H3/b12-8+;. The lowest BCUT2D eigenvalue weighted by Crippen LogP contribution is -2.02. The van der Waals surface area contributed by atoms with Crippen molar-refractivity contribution in [2.75, 3.05) is 0 Å². The summed E-state index contributed by atoms with van der Waals surface area (Å²) in [5.41, 5.74) is 3.55. The molecule has 1 rings (SSSR count). The molecule has 0 saturated heterocycles. The van der Waals surface area contributed by atoms with Gasteiger partial charge in [0, 0.05) is 17.3 Å². The van der Waals surface area contributed by atoms with E-state index in [4.69, 9.17) is 0 Å². The van der Waals surface area contributed by atoms with Crippen molar-refractivity contribution in [2.24, 2.45) is 10.9 Å².